The molecule has 0 aliphatic carbocycles. The van der Waals surface area contributed by atoms with Crippen LogP contribution in [-0.4, -0.2) is 21.4 Å². The minimum absolute atomic E-state index is 0.0230. The van der Waals surface area contributed by atoms with E-state index >= 15 is 0 Å². The SMILES string of the molecule is CNS(=O)(=O)c1cccc(C(=O)N[C@H](C)c2ccc(Cl)cc2Cl)c1. The third-order valence-corrected chi connectivity index (χ3v) is 5.43. The molecule has 2 aromatic carbocycles. The second-order valence-corrected chi connectivity index (χ2v) is 7.83. The van der Waals surface area contributed by atoms with Crippen molar-refractivity contribution in [1.29, 1.82) is 0 Å². The van der Waals surface area contributed by atoms with E-state index in [2.05, 4.69) is 10.0 Å². The van der Waals surface area contributed by atoms with E-state index in [0.717, 1.165) is 0 Å². The summed E-state index contributed by atoms with van der Waals surface area (Å²) < 4.78 is 25.9. The molecule has 1 amide bonds. The van der Waals surface area contributed by atoms with Gasteiger partial charge in [-0.1, -0.05) is 35.3 Å². The van der Waals surface area contributed by atoms with Gasteiger partial charge in [0.25, 0.3) is 5.91 Å². The van der Waals surface area contributed by atoms with Crippen molar-refractivity contribution < 1.29 is 13.2 Å². The van der Waals surface area contributed by atoms with Crippen LogP contribution in [0.3, 0.4) is 0 Å². The molecule has 24 heavy (non-hydrogen) atoms. The molecule has 0 heterocycles. The number of nitrogens with one attached hydrogen (secondary N) is 2. The molecule has 0 fully saturated rings. The van der Waals surface area contributed by atoms with E-state index in [4.69, 9.17) is 23.2 Å². The highest BCUT2D eigenvalue weighted by atomic mass is 35.5. The fourth-order valence-electron chi connectivity index (χ4n) is 2.13. The van der Waals surface area contributed by atoms with Crippen molar-refractivity contribution in [2.75, 3.05) is 7.05 Å². The molecule has 0 radical (unpaired) electrons. The topological polar surface area (TPSA) is 75.3 Å². The number of amides is 1. The van der Waals surface area contributed by atoms with Crippen LogP contribution in [-0.2, 0) is 10.0 Å². The Morgan fingerprint density at radius 1 is 1.12 bits per heavy atom. The number of hydrogen-bond donors (Lipinski definition) is 2. The van der Waals surface area contributed by atoms with Crippen LogP contribution in [0.25, 0.3) is 0 Å². The monoisotopic (exact) mass is 386 g/mol. The summed E-state index contributed by atoms with van der Waals surface area (Å²) in [5.41, 5.74) is 0.955. The van der Waals surface area contributed by atoms with Gasteiger partial charge in [0.2, 0.25) is 10.0 Å². The molecule has 0 saturated carbocycles. The zero-order valence-electron chi connectivity index (χ0n) is 13.0. The maximum Gasteiger partial charge on any atom is 0.251 e. The molecule has 1 atom stereocenters. The number of carbonyl (C=O) groups is 1. The van der Waals surface area contributed by atoms with Gasteiger partial charge in [-0.3, -0.25) is 4.79 Å². The Morgan fingerprint density at radius 3 is 2.46 bits per heavy atom. The Morgan fingerprint density at radius 2 is 1.83 bits per heavy atom. The van der Waals surface area contributed by atoms with Crippen molar-refractivity contribution in [3.05, 3.63) is 63.6 Å². The summed E-state index contributed by atoms with van der Waals surface area (Å²) in [6.07, 6.45) is 0. The molecule has 2 rings (SSSR count). The van der Waals surface area contributed by atoms with E-state index in [9.17, 15) is 13.2 Å². The van der Waals surface area contributed by atoms with Crippen LogP contribution >= 0.6 is 23.2 Å². The second-order valence-electron chi connectivity index (χ2n) is 5.10. The first-order chi connectivity index (χ1) is 11.2. The molecule has 0 bridgehead atoms. The van der Waals surface area contributed by atoms with Gasteiger partial charge in [-0.15, -0.1) is 0 Å². The molecule has 0 aromatic heterocycles. The zero-order chi connectivity index (χ0) is 17.9. The number of halogens is 2. The van der Waals surface area contributed by atoms with E-state index in [1.807, 2.05) is 0 Å². The lowest BCUT2D eigenvalue weighted by molar-refractivity contribution is 0.0939. The van der Waals surface area contributed by atoms with E-state index < -0.39 is 15.9 Å². The average molecular weight is 387 g/mol. The predicted octanol–water partition coefficient (Wildman–Crippen LogP) is 3.39. The molecular weight excluding hydrogens is 371 g/mol. The first-order valence-electron chi connectivity index (χ1n) is 7.04. The molecule has 128 valence electrons. The van der Waals surface area contributed by atoms with Crippen LogP contribution in [0.15, 0.2) is 47.4 Å². The Balaban J connectivity index is 2.22. The summed E-state index contributed by atoms with van der Waals surface area (Å²) >= 11 is 12.0. The summed E-state index contributed by atoms with van der Waals surface area (Å²) in [7, 11) is -2.30. The summed E-state index contributed by atoms with van der Waals surface area (Å²) in [6.45, 7) is 1.78. The van der Waals surface area contributed by atoms with Gasteiger partial charge >= 0.3 is 0 Å². The zero-order valence-corrected chi connectivity index (χ0v) is 15.3. The van der Waals surface area contributed by atoms with Crippen molar-refractivity contribution >= 4 is 39.1 Å². The van der Waals surface area contributed by atoms with Gasteiger partial charge in [0.15, 0.2) is 0 Å². The van der Waals surface area contributed by atoms with Crippen LogP contribution in [0, 0.1) is 0 Å². The van der Waals surface area contributed by atoms with Crippen molar-refractivity contribution in [2.24, 2.45) is 0 Å². The number of benzene rings is 2. The lowest BCUT2D eigenvalue weighted by atomic mass is 10.1. The van der Waals surface area contributed by atoms with Crippen LogP contribution in [0.5, 0.6) is 0 Å². The van der Waals surface area contributed by atoms with E-state index in [-0.39, 0.29) is 16.5 Å². The average Bonchev–Trinajstić information content (AvgIpc) is 2.54. The van der Waals surface area contributed by atoms with E-state index in [0.29, 0.717) is 15.6 Å². The first kappa shape index (κ1) is 18.7. The maximum atomic E-state index is 12.4. The van der Waals surface area contributed by atoms with Crippen molar-refractivity contribution in [2.45, 2.75) is 17.9 Å². The van der Waals surface area contributed by atoms with Crippen LogP contribution < -0.4 is 10.0 Å². The molecule has 2 aromatic rings. The Kier molecular flexibility index (Phi) is 5.87. The summed E-state index contributed by atoms with van der Waals surface area (Å²) in [5.74, 6) is -0.401. The highest BCUT2D eigenvalue weighted by Gasteiger charge is 2.17. The number of carbonyl (C=O) groups excluding carboxylic acids is 1. The van der Waals surface area contributed by atoms with Gasteiger partial charge in [-0.2, -0.15) is 0 Å². The molecule has 5 nitrogen and oxygen atoms in total. The largest absolute Gasteiger partial charge is 0.345 e. The fourth-order valence-corrected chi connectivity index (χ4v) is 3.48. The third-order valence-electron chi connectivity index (χ3n) is 3.45. The van der Waals surface area contributed by atoms with Gasteiger partial charge in [0.1, 0.15) is 0 Å². The molecule has 0 aliphatic rings. The molecule has 0 saturated heterocycles. The minimum atomic E-state index is -3.61. The highest BCUT2D eigenvalue weighted by Crippen LogP contribution is 2.26. The van der Waals surface area contributed by atoms with Gasteiger partial charge in [0.05, 0.1) is 10.9 Å². The van der Waals surface area contributed by atoms with Crippen molar-refractivity contribution in [3.63, 3.8) is 0 Å². The van der Waals surface area contributed by atoms with Crippen LogP contribution in [0.4, 0.5) is 0 Å². The molecular formula is C16H16Cl2N2O3S. The molecule has 0 spiro atoms. The highest BCUT2D eigenvalue weighted by molar-refractivity contribution is 7.89. The minimum Gasteiger partial charge on any atom is -0.345 e. The summed E-state index contributed by atoms with van der Waals surface area (Å²) in [6, 6.07) is 10.4. The normalized spacial score (nSPS) is 12.7. The first-order valence-corrected chi connectivity index (χ1v) is 9.28. The van der Waals surface area contributed by atoms with Crippen LogP contribution in [0.1, 0.15) is 28.9 Å². The fraction of sp³-hybridized carbons (Fsp3) is 0.188. The third kappa shape index (κ3) is 4.27. The van der Waals surface area contributed by atoms with Gasteiger partial charge in [0, 0.05) is 15.6 Å². The van der Waals surface area contributed by atoms with Gasteiger partial charge in [-0.05, 0) is 49.9 Å². The molecule has 0 unspecified atom stereocenters. The van der Waals surface area contributed by atoms with Crippen molar-refractivity contribution in [3.8, 4) is 0 Å². The summed E-state index contributed by atoms with van der Waals surface area (Å²) in [5, 5.41) is 3.74. The van der Waals surface area contributed by atoms with E-state index in [1.165, 1.54) is 25.2 Å². The number of rotatable bonds is 5. The van der Waals surface area contributed by atoms with Crippen molar-refractivity contribution in [1.82, 2.24) is 10.0 Å². The molecule has 2 N–H and O–H groups in total. The van der Waals surface area contributed by atoms with Crippen LogP contribution in [0.2, 0.25) is 10.0 Å². The van der Waals surface area contributed by atoms with Gasteiger partial charge in [-0.25, -0.2) is 13.1 Å². The number of sulfonamides is 1. The lowest BCUT2D eigenvalue weighted by Gasteiger charge is -2.16. The Labute approximate surface area is 151 Å². The quantitative estimate of drug-likeness (QED) is 0.826. The van der Waals surface area contributed by atoms with E-state index in [1.54, 1.807) is 31.2 Å². The maximum absolute atomic E-state index is 12.4. The Bertz CT molecular complexity index is 869. The Hall–Kier alpha value is -1.60. The number of hydrogen-bond acceptors (Lipinski definition) is 3. The second kappa shape index (κ2) is 7.53. The van der Waals surface area contributed by atoms with Gasteiger partial charge < -0.3 is 5.32 Å². The lowest BCUT2D eigenvalue weighted by Crippen LogP contribution is -2.27. The predicted molar refractivity (Wildman–Crippen MR) is 95.0 cm³/mol. The molecule has 0 aliphatic heterocycles. The standard InChI is InChI=1S/C16H16Cl2N2O3S/c1-10(14-7-6-12(17)9-15(14)18)20-16(21)11-4-3-5-13(8-11)24(22,23)19-2/h3-10,19H,1-2H3,(H,20,21)/t10-/m1/s1. The molecule has 8 heteroatoms. The smallest absolute Gasteiger partial charge is 0.251 e. The summed E-state index contributed by atoms with van der Waals surface area (Å²) in [4.78, 5) is 12.4.